The van der Waals surface area contributed by atoms with Crippen molar-refractivity contribution in [2.75, 3.05) is 13.1 Å². The fourth-order valence-corrected chi connectivity index (χ4v) is 3.83. The van der Waals surface area contributed by atoms with Crippen LogP contribution in [0.25, 0.3) is 10.9 Å². The highest BCUT2D eigenvalue weighted by Crippen LogP contribution is 2.34. The van der Waals surface area contributed by atoms with Crippen LogP contribution in [0.4, 0.5) is 0 Å². The summed E-state index contributed by atoms with van der Waals surface area (Å²) < 4.78 is 2.62. The Kier molecular flexibility index (Phi) is 3.32. The van der Waals surface area contributed by atoms with Crippen LogP contribution in [0, 0.1) is 6.92 Å². The van der Waals surface area contributed by atoms with Crippen molar-refractivity contribution in [1.29, 1.82) is 0 Å². The summed E-state index contributed by atoms with van der Waals surface area (Å²) in [7, 11) is 0. The van der Waals surface area contributed by atoms with Crippen LogP contribution in [-0.2, 0) is 25.8 Å². The average molecular weight is 277 g/mol. The predicted octanol–water partition coefficient (Wildman–Crippen LogP) is 3.01. The second-order valence-corrected chi connectivity index (χ2v) is 5.75. The molecule has 0 fully saturated rings. The molecule has 1 aromatic heterocycles. The number of benzene rings is 1. The first-order chi connectivity index (χ1) is 8.84. The molecule has 2 aliphatic heterocycles. The summed E-state index contributed by atoms with van der Waals surface area (Å²) in [5, 5.41) is 5.08. The maximum Gasteiger partial charge on any atom is 0.0518 e. The number of hydrogen-bond acceptors (Lipinski definition) is 1. The van der Waals surface area contributed by atoms with Gasteiger partial charge in [-0.1, -0.05) is 11.6 Å². The molecule has 3 heterocycles. The Morgan fingerprint density at radius 2 is 1.95 bits per heavy atom. The third-order valence-corrected chi connectivity index (χ3v) is 4.52. The van der Waals surface area contributed by atoms with Crippen LogP contribution in [0.5, 0.6) is 0 Å². The van der Waals surface area contributed by atoms with Crippen LogP contribution in [0.2, 0.25) is 0 Å². The zero-order chi connectivity index (χ0) is 12.1. The first-order valence-corrected chi connectivity index (χ1v) is 7.19. The van der Waals surface area contributed by atoms with Crippen molar-refractivity contribution in [2.24, 2.45) is 0 Å². The summed E-state index contributed by atoms with van der Waals surface area (Å²) in [4.78, 5) is 0. The van der Waals surface area contributed by atoms with E-state index in [1.807, 2.05) is 0 Å². The molecular formula is C16H21ClN2. The second-order valence-electron chi connectivity index (χ2n) is 5.75. The minimum Gasteiger partial charge on any atom is -0.344 e. The molecule has 0 atom stereocenters. The van der Waals surface area contributed by atoms with Crippen LogP contribution >= 0.6 is 12.4 Å². The summed E-state index contributed by atoms with van der Waals surface area (Å²) in [6, 6.07) is 4.81. The number of aryl methyl sites for hydroxylation is 3. The molecule has 0 radical (unpaired) electrons. The van der Waals surface area contributed by atoms with Gasteiger partial charge in [0.25, 0.3) is 0 Å². The molecule has 19 heavy (non-hydrogen) atoms. The van der Waals surface area contributed by atoms with E-state index >= 15 is 0 Å². The molecule has 0 spiro atoms. The third kappa shape index (κ3) is 1.89. The van der Waals surface area contributed by atoms with E-state index in [0.29, 0.717) is 0 Å². The number of nitrogens with zero attached hydrogens (tertiary/aromatic N) is 1. The molecule has 2 nitrogen and oxygen atoms in total. The molecule has 0 amide bonds. The minimum atomic E-state index is 0. The van der Waals surface area contributed by atoms with Crippen LogP contribution in [-0.4, -0.2) is 17.7 Å². The van der Waals surface area contributed by atoms with Crippen LogP contribution in [0.3, 0.4) is 0 Å². The van der Waals surface area contributed by atoms with Crippen molar-refractivity contribution in [3.63, 3.8) is 0 Å². The molecule has 2 aliphatic rings. The smallest absolute Gasteiger partial charge is 0.0518 e. The van der Waals surface area contributed by atoms with Crippen molar-refractivity contribution >= 4 is 23.3 Å². The molecule has 0 saturated carbocycles. The molecule has 0 aliphatic carbocycles. The first kappa shape index (κ1) is 13.0. The van der Waals surface area contributed by atoms with Gasteiger partial charge in [-0.15, -0.1) is 12.4 Å². The van der Waals surface area contributed by atoms with Crippen molar-refractivity contribution < 1.29 is 0 Å². The molecule has 2 aromatic rings. The Hall–Kier alpha value is -0.990. The van der Waals surface area contributed by atoms with Gasteiger partial charge in [-0.3, -0.25) is 0 Å². The quantitative estimate of drug-likeness (QED) is 0.783. The Bertz CT molecular complexity index is 627. The highest BCUT2D eigenvalue weighted by molar-refractivity contribution is 5.89. The molecule has 1 aromatic carbocycles. The zero-order valence-corrected chi connectivity index (χ0v) is 12.3. The SMILES string of the molecule is Cc1cc2c3c(c1)c1c(n3CCC2)CCNCC1.Cl. The summed E-state index contributed by atoms with van der Waals surface area (Å²) in [5.41, 5.74) is 7.80. The van der Waals surface area contributed by atoms with Gasteiger partial charge < -0.3 is 9.88 Å². The van der Waals surface area contributed by atoms with Crippen LogP contribution in [0.1, 0.15) is 28.8 Å². The van der Waals surface area contributed by atoms with Gasteiger partial charge in [0.15, 0.2) is 0 Å². The standard InChI is InChI=1S/C16H20N2.ClH/c1-11-9-12-3-2-8-18-15-5-7-17-6-4-13(15)14(10-11)16(12)18;/h9-10,17H,2-8H2,1H3;1H. The van der Waals surface area contributed by atoms with Gasteiger partial charge in [0, 0.05) is 30.6 Å². The highest BCUT2D eigenvalue weighted by atomic mass is 35.5. The van der Waals surface area contributed by atoms with Gasteiger partial charge >= 0.3 is 0 Å². The fourth-order valence-electron chi connectivity index (χ4n) is 3.83. The average Bonchev–Trinajstić information content (AvgIpc) is 2.55. The summed E-state index contributed by atoms with van der Waals surface area (Å²) in [6.07, 6.45) is 4.96. The van der Waals surface area contributed by atoms with Gasteiger partial charge in [-0.05, 0) is 49.9 Å². The third-order valence-electron chi connectivity index (χ3n) is 4.52. The van der Waals surface area contributed by atoms with E-state index in [4.69, 9.17) is 0 Å². The van der Waals surface area contributed by atoms with Gasteiger partial charge in [-0.25, -0.2) is 0 Å². The molecule has 0 unspecified atom stereocenters. The van der Waals surface area contributed by atoms with Gasteiger partial charge in [-0.2, -0.15) is 0 Å². The number of nitrogens with one attached hydrogen (secondary N) is 1. The number of aromatic nitrogens is 1. The van der Waals surface area contributed by atoms with E-state index < -0.39 is 0 Å². The lowest BCUT2D eigenvalue weighted by molar-refractivity contribution is 0.604. The number of fused-ring (bicyclic) bond motifs is 3. The molecular weight excluding hydrogens is 256 g/mol. The minimum absolute atomic E-state index is 0. The summed E-state index contributed by atoms with van der Waals surface area (Å²) in [5.74, 6) is 0. The molecule has 4 rings (SSSR count). The molecule has 0 saturated heterocycles. The lowest BCUT2D eigenvalue weighted by Gasteiger charge is -2.18. The van der Waals surface area contributed by atoms with Gasteiger partial charge in [0.2, 0.25) is 0 Å². The lowest BCUT2D eigenvalue weighted by Crippen LogP contribution is -2.18. The number of rotatable bonds is 0. The van der Waals surface area contributed by atoms with Crippen molar-refractivity contribution in [1.82, 2.24) is 9.88 Å². The Balaban J connectivity index is 0.00000110. The van der Waals surface area contributed by atoms with E-state index in [2.05, 4.69) is 28.9 Å². The molecule has 3 heteroatoms. The maximum atomic E-state index is 3.53. The first-order valence-electron chi connectivity index (χ1n) is 7.19. The van der Waals surface area contributed by atoms with E-state index in [9.17, 15) is 0 Å². The Morgan fingerprint density at radius 1 is 1.11 bits per heavy atom. The maximum absolute atomic E-state index is 3.53. The second kappa shape index (κ2) is 4.84. The normalized spacial score (nSPS) is 17.7. The van der Waals surface area contributed by atoms with E-state index in [-0.39, 0.29) is 12.4 Å². The van der Waals surface area contributed by atoms with E-state index in [1.54, 1.807) is 27.7 Å². The lowest BCUT2D eigenvalue weighted by atomic mass is 9.99. The Labute approximate surface area is 120 Å². The van der Waals surface area contributed by atoms with Crippen molar-refractivity contribution in [3.8, 4) is 0 Å². The predicted molar refractivity (Wildman–Crippen MR) is 82.5 cm³/mol. The van der Waals surface area contributed by atoms with E-state index in [1.165, 1.54) is 37.8 Å². The van der Waals surface area contributed by atoms with Crippen LogP contribution in [0.15, 0.2) is 12.1 Å². The van der Waals surface area contributed by atoms with Crippen LogP contribution < -0.4 is 5.32 Å². The summed E-state index contributed by atoms with van der Waals surface area (Å²) in [6.45, 7) is 5.73. The molecule has 1 N–H and O–H groups in total. The summed E-state index contributed by atoms with van der Waals surface area (Å²) >= 11 is 0. The largest absolute Gasteiger partial charge is 0.344 e. The fraction of sp³-hybridized carbons (Fsp3) is 0.500. The monoisotopic (exact) mass is 276 g/mol. The number of halogens is 1. The van der Waals surface area contributed by atoms with Gasteiger partial charge in [0.1, 0.15) is 0 Å². The Morgan fingerprint density at radius 3 is 2.84 bits per heavy atom. The zero-order valence-electron chi connectivity index (χ0n) is 11.5. The molecule has 102 valence electrons. The van der Waals surface area contributed by atoms with E-state index in [0.717, 1.165) is 13.1 Å². The van der Waals surface area contributed by atoms with Crippen molar-refractivity contribution in [2.45, 2.75) is 39.2 Å². The van der Waals surface area contributed by atoms with Gasteiger partial charge in [0.05, 0.1) is 5.52 Å². The highest BCUT2D eigenvalue weighted by Gasteiger charge is 2.22. The number of hydrogen-bond donors (Lipinski definition) is 1. The molecule has 0 bridgehead atoms. The van der Waals surface area contributed by atoms with Crippen molar-refractivity contribution in [3.05, 3.63) is 34.5 Å². The topological polar surface area (TPSA) is 17.0 Å².